The van der Waals surface area contributed by atoms with Gasteiger partial charge in [0.2, 0.25) is 0 Å². The predicted molar refractivity (Wildman–Crippen MR) is 86.7 cm³/mol. The van der Waals surface area contributed by atoms with E-state index in [2.05, 4.69) is 10.1 Å². The molecule has 0 aliphatic carbocycles. The van der Waals surface area contributed by atoms with Crippen LogP contribution in [0.4, 0.5) is 9.80 Å². The van der Waals surface area contributed by atoms with Gasteiger partial charge in [0, 0.05) is 16.0 Å². The van der Waals surface area contributed by atoms with Gasteiger partial charge < -0.3 is 9.47 Å². The van der Waals surface area contributed by atoms with Gasteiger partial charge in [-0.25, -0.2) is 9.59 Å². The zero-order chi connectivity index (χ0) is 16.1. The predicted octanol–water partition coefficient (Wildman–Crippen LogP) is 4.42. The van der Waals surface area contributed by atoms with E-state index < -0.39 is 12.1 Å². The van der Waals surface area contributed by atoms with Gasteiger partial charge in [-0.3, -0.25) is 5.32 Å². The minimum atomic E-state index is -0.643. The van der Waals surface area contributed by atoms with Crippen molar-refractivity contribution in [2.45, 2.75) is 6.92 Å². The first kappa shape index (κ1) is 16.3. The Bertz CT molecular complexity index is 681. The lowest BCUT2D eigenvalue weighted by atomic mass is 10.0. The monoisotopic (exact) mass is 339 g/mol. The topological polar surface area (TPSA) is 64.6 Å². The molecule has 1 amide bonds. The van der Waals surface area contributed by atoms with E-state index in [4.69, 9.17) is 16.3 Å². The van der Waals surface area contributed by atoms with Gasteiger partial charge in [0.15, 0.2) is 0 Å². The van der Waals surface area contributed by atoms with Crippen LogP contribution in [0.15, 0.2) is 29.6 Å². The summed E-state index contributed by atoms with van der Waals surface area (Å²) in [6.45, 7) is 1.96. The van der Waals surface area contributed by atoms with E-state index in [9.17, 15) is 9.59 Å². The molecule has 0 saturated carbocycles. The lowest BCUT2D eigenvalue weighted by molar-refractivity contribution is 0.0529. The van der Waals surface area contributed by atoms with Crippen molar-refractivity contribution in [3.8, 4) is 11.1 Å². The van der Waals surface area contributed by atoms with Crippen molar-refractivity contribution in [2.24, 2.45) is 0 Å². The van der Waals surface area contributed by atoms with Crippen molar-refractivity contribution in [3.05, 3.63) is 40.2 Å². The molecule has 0 unspecified atom stereocenters. The molecule has 0 fully saturated rings. The minimum absolute atomic E-state index is 0.242. The summed E-state index contributed by atoms with van der Waals surface area (Å²) < 4.78 is 9.64. The standard InChI is InChI=1S/C15H14ClNO4S/c1-3-21-14(18)12-11(9-4-6-10(16)7-5-9)8-22-13(12)17-15(19)20-2/h4-8H,3H2,1-2H3,(H,17,19). The van der Waals surface area contributed by atoms with Crippen molar-refractivity contribution in [1.82, 2.24) is 0 Å². The van der Waals surface area contributed by atoms with Crippen LogP contribution in [-0.4, -0.2) is 25.8 Å². The number of rotatable bonds is 4. The van der Waals surface area contributed by atoms with Gasteiger partial charge >= 0.3 is 12.1 Å². The van der Waals surface area contributed by atoms with E-state index in [1.54, 1.807) is 36.6 Å². The Morgan fingerprint density at radius 1 is 1.27 bits per heavy atom. The van der Waals surface area contributed by atoms with Crippen molar-refractivity contribution in [2.75, 3.05) is 19.0 Å². The van der Waals surface area contributed by atoms with Crippen LogP contribution in [0, 0.1) is 0 Å². The van der Waals surface area contributed by atoms with Gasteiger partial charge in [-0.2, -0.15) is 0 Å². The van der Waals surface area contributed by atoms with Crippen LogP contribution >= 0.6 is 22.9 Å². The third-order valence-corrected chi connectivity index (χ3v) is 3.97. The SMILES string of the molecule is CCOC(=O)c1c(-c2ccc(Cl)cc2)csc1NC(=O)OC. The van der Waals surface area contributed by atoms with Crippen molar-refractivity contribution >= 4 is 40.0 Å². The average Bonchev–Trinajstić information content (AvgIpc) is 2.91. The molecule has 1 heterocycles. The van der Waals surface area contributed by atoms with Crippen molar-refractivity contribution in [1.29, 1.82) is 0 Å². The molecule has 0 saturated heterocycles. The smallest absolute Gasteiger partial charge is 0.411 e. The van der Waals surface area contributed by atoms with E-state index in [0.717, 1.165) is 5.56 Å². The number of benzene rings is 1. The lowest BCUT2D eigenvalue weighted by Crippen LogP contribution is -2.14. The summed E-state index contributed by atoms with van der Waals surface area (Å²) in [5.41, 5.74) is 1.78. The first-order valence-electron chi connectivity index (χ1n) is 6.46. The Kier molecular flexibility index (Phi) is 5.41. The normalized spacial score (nSPS) is 10.1. The second kappa shape index (κ2) is 7.29. The number of hydrogen-bond acceptors (Lipinski definition) is 5. The first-order chi connectivity index (χ1) is 10.6. The molecule has 5 nitrogen and oxygen atoms in total. The highest BCUT2D eigenvalue weighted by molar-refractivity contribution is 7.15. The number of esters is 1. The van der Waals surface area contributed by atoms with Crippen LogP contribution in [0.25, 0.3) is 11.1 Å². The van der Waals surface area contributed by atoms with E-state index in [1.807, 2.05) is 0 Å². The van der Waals surface area contributed by atoms with E-state index in [1.165, 1.54) is 18.4 Å². The summed E-state index contributed by atoms with van der Waals surface area (Å²) in [5.74, 6) is -0.500. The average molecular weight is 340 g/mol. The van der Waals surface area contributed by atoms with Gasteiger partial charge in [-0.05, 0) is 24.6 Å². The van der Waals surface area contributed by atoms with Crippen LogP contribution in [0.3, 0.4) is 0 Å². The van der Waals surface area contributed by atoms with Crippen molar-refractivity contribution in [3.63, 3.8) is 0 Å². The van der Waals surface area contributed by atoms with Crippen LogP contribution in [-0.2, 0) is 9.47 Å². The first-order valence-corrected chi connectivity index (χ1v) is 7.72. The highest BCUT2D eigenvalue weighted by Crippen LogP contribution is 2.36. The zero-order valence-electron chi connectivity index (χ0n) is 12.0. The molecule has 0 radical (unpaired) electrons. The maximum Gasteiger partial charge on any atom is 0.411 e. The fraction of sp³-hybridized carbons (Fsp3) is 0.200. The summed E-state index contributed by atoms with van der Waals surface area (Å²) >= 11 is 7.11. The molecule has 22 heavy (non-hydrogen) atoms. The van der Waals surface area contributed by atoms with E-state index in [-0.39, 0.29) is 6.61 Å². The number of thiophene rings is 1. The Hall–Kier alpha value is -2.05. The van der Waals surface area contributed by atoms with Crippen molar-refractivity contribution < 1.29 is 19.1 Å². The maximum atomic E-state index is 12.2. The van der Waals surface area contributed by atoms with Crippen LogP contribution in [0.2, 0.25) is 5.02 Å². The number of amides is 1. The summed E-state index contributed by atoms with van der Waals surface area (Å²) in [7, 11) is 1.26. The Morgan fingerprint density at radius 3 is 2.55 bits per heavy atom. The fourth-order valence-corrected chi connectivity index (χ4v) is 2.91. The molecule has 0 bridgehead atoms. The summed E-state index contributed by atoms with van der Waals surface area (Å²) in [6.07, 6.45) is -0.643. The zero-order valence-corrected chi connectivity index (χ0v) is 13.6. The van der Waals surface area contributed by atoms with E-state index >= 15 is 0 Å². The van der Waals surface area contributed by atoms with Gasteiger partial charge in [0.25, 0.3) is 0 Å². The molecule has 2 rings (SSSR count). The number of halogens is 1. The van der Waals surface area contributed by atoms with Gasteiger partial charge in [-0.15, -0.1) is 11.3 Å². The van der Waals surface area contributed by atoms with Gasteiger partial charge in [-0.1, -0.05) is 23.7 Å². The van der Waals surface area contributed by atoms with Crippen LogP contribution < -0.4 is 5.32 Å². The molecule has 0 spiro atoms. The molecular weight excluding hydrogens is 326 g/mol. The Labute approximate surface area is 136 Å². The van der Waals surface area contributed by atoms with E-state index in [0.29, 0.717) is 21.2 Å². The summed E-state index contributed by atoms with van der Waals surface area (Å²) in [6, 6.07) is 7.07. The fourth-order valence-electron chi connectivity index (χ4n) is 1.84. The third-order valence-electron chi connectivity index (χ3n) is 2.83. The second-order valence-corrected chi connectivity index (χ2v) is 5.51. The number of ether oxygens (including phenoxy) is 2. The molecule has 1 N–H and O–H groups in total. The molecule has 2 aromatic rings. The summed E-state index contributed by atoms with van der Waals surface area (Å²) in [5, 5.41) is 5.30. The third kappa shape index (κ3) is 3.58. The number of anilines is 1. The molecule has 116 valence electrons. The molecule has 1 aromatic heterocycles. The number of methoxy groups -OCH3 is 1. The van der Waals surface area contributed by atoms with Gasteiger partial charge in [0.1, 0.15) is 10.6 Å². The maximum absolute atomic E-state index is 12.2. The highest BCUT2D eigenvalue weighted by Gasteiger charge is 2.22. The molecule has 0 atom stereocenters. The molecule has 7 heteroatoms. The number of carbonyl (C=O) groups excluding carboxylic acids is 2. The minimum Gasteiger partial charge on any atom is -0.462 e. The molecule has 0 aliphatic heterocycles. The molecule has 1 aromatic carbocycles. The second-order valence-electron chi connectivity index (χ2n) is 4.20. The number of nitrogens with one attached hydrogen (secondary N) is 1. The lowest BCUT2D eigenvalue weighted by Gasteiger charge is -2.08. The number of hydrogen-bond donors (Lipinski definition) is 1. The quantitative estimate of drug-likeness (QED) is 0.837. The van der Waals surface area contributed by atoms with Crippen LogP contribution in [0.1, 0.15) is 17.3 Å². The Morgan fingerprint density at radius 2 is 1.95 bits per heavy atom. The van der Waals surface area contributed by atoms with Crippen LogP contribution in [0.5, 0.6) is 0 Å². The highest BCUT2D eigenvalue weighted by atomic mass is 35.5. The Balaban J connectivity index is 2.47. The molecular formula is C15H14ClNO4S. The summed E-state index contributed by atoms with van der Waals surface area (Å²) in [4.78, 5) is 23.6. The largest absolute Gasteiger partial charge is 0.462 e. The van der Waals surface area contributed by atoms with Gasteiger partial charge in [0.05, 0.1) is 13.7 Å². The molecule has 0 aliphatic rings. The number of carbonyl (C=O) groups is 2.